The maximum atomic E-state index is 15.4. The lowest BCUT2D eigenvalue weighted by Crippen LogP contribution is -2.60. The van der Waals surface area contributed by atoms with Crippen LogP contribution in [-0.2, 0) is 87.5 Å². The highest BCUT2D eigenvalue weighted by molar-refractivity contribution is 5.96. The molecule has 101 heavy (non-hydrogen) atoms. The molecule has 22 nitrogen and oxygen atoms in total. The Morgan fingerprint density at radius 1 is 0.485 bits per heavy atom. The van der Waals surface area contributed by atoms with Crippen LogP contribution in [0.3, 0.4) is 0 Å². The third-order valence-electron chi connectivity index (χ3n) is 17.4. The quantitative estimate of drug-likeness (QED) is 0.0104. The Bertz CT molecular complexity index is 3580. The molecule has 0 saturated heterocycles. The van der Waals surface area contributed by atoms with Crippen molar-refractivity contribution in [3.05, 3.63) is 215 Å². The topological polar surface area (TPSA) is 312 Å². The van der Waals surface area contributed by atoms with Gasteiger partial charge in [-0.1, -0.05) is 216 Å². The van der Waals surface area contributed by atoms with Crippen LogP contribution in [0.15, 0.2) is 182 Å². The number of amides is 7. The van der Waals surface area contributed by atoms with Crippen molar-refractivity contribution in [2.75, 3.05) is 0 Å². The van der Waals surface area contributed by atoms with Crippen molar-refractivity contribution in [1.29, 1.82) is 0 Å². The number of carbonyl (C=O) groups excluding carboxylic acids is 10. The molecule has 0 bridgehead atoms. The largest absolute Gasteiger partial charge is 0.461 e. The first kappa shape index (κ1) is 78.1. The molecular formula is C79H97N7O15. The maximum Gasteiger partial charge on any atom is 0.408 e. The van der Waals surface area contributed by atoms with E-state index in [9.17, 15) is 38.7 Å². The first-order valence-corrected chi connectivity index (χ1v) is 34.6. The van der Waals surface area contributed by atoms with Gasteiger partial charge in [-0.25, -0.2) is 9.59 Å². The average molecular weight is 1380 g/mol. The minimum Gasteiger partial charge on any atom is -0.461 e. The van der Waals surface area contributed by atoms with Gasteiger partial charge in [-0.3, -0.25) is 38.4 Å². The molecule has 0 spiro atoms. The van der Waals surface area contributed by atoms with E-state index in [1.165, 1.54) is 6.92 Å². The molecular weight excluding hydrogens is 1290 g/mol. The van der Waals surface area contributed by atoms with Gasteiger partial charge in [0.05, 0.1) is 18.6 Å². The Hall–Kier alpha value is -10.2. The second-order valence-electron chi connectivity index (χ2n) is 27.3. The van der Waals surface area contributed by atoms with Crippen molar-refractivity contribution in [1.82, 2.24) is 37.2 Å². The van der Waals surface area contributed by atoms with Crippen molar-refractivity contribution in [3.63, 3.8) is 0 Å². The second-order valence-corrected chi connectivity index (χ2v) is 27.3. The van der Waals surface area contributed by atoms with Gasteiger partial charge >= 0.3 is 24.0 Å². The number of aliphatic hydroxyl groups is 1. The number of alkyl carbamates (subject to hydrolysis) is 1. The smallest absolute Gasteiger partial charge is 0.408 e. The maximum absolute atomic E-state index is 15.4. The highest BCUT2D eigenvalue weighted by atomic mass is 16.6. The molecule has 9 atom stereocenters. The summed E-state index contributed by atoms with van der Waals surface area (Å²) in [5.41, 5.74) is 1.82. The summed E-state index contributed by atoms with van der Waals surface area (Å²) in [4.78, 5) is 142. The molecule has 7 rings (SSSR count). The van der Waals surface area contributed by atoms with Crippen LogP contribution in [-0.4, -0.2) is 113 Å². The summed E-state index contributed by atoms with van der Waals surface area (Å²) in [6, 6.07) is 46.4. The van der Waals surface area contributed by atoms with E-state index >= 15 is 14.4 Å². The summed E-state index contributed by atoms with van der Waals surface area (Å²) in [7, 11) is 0. The van der Waals surface area contributed by atoms with Crippen LogP contribution in [0.5, 0.6) is 0 Å². The molecule has 0 heterocycles. The second kappa shape index (κ2) is 38.4. The minimum absolute atomic E-state index is 0.00118. The van der Waals surface area contributed by atoms with Gasteiger partial charge in [0.25, 0.3) is 0 Å². The van der Waals surface area contributed by atoms with Gasteiger partial charge in [-0.05, 0) is 111 Å². The van der Waals surface area contributed by atoms with E-state index in [0.717, 1.165) is 11.1 Å². The highest BCUT2D eigenvalue weighted by Crippen LogP contribution is 2.38. The van der Waals surface area contributed by atoms with Gasteiger partial charge in [-0.15, -0.1) is 0 Å². The van der Waals surface area contributed by atoms with Crippen molar-refractivity contribution >= 4 is 59.4 Å². The van der Waals surface area contributed by atoms with Crippen molar-refractivity contribution in [3.8, 4) is 0 Å². The predicted octanol–water partition coefficient (Wildman–Crippen LogP) is 9.09. The van der Waals surface area contributed by atoms with E-state index in [0.29, 0.717) is 41.5 Å². The van der Waals surface area contributed by atoms with Gasteiger partial charge in [-0.2, -0.15) is 0 Å². The van der Waals surface area contributed by atoms with E-state index in [1.54, 1.807) is 95.3 Å². The number of benzene rings is 6. The first-order valence-electron chi connectivity index (χ1n) is 34.6. The van der Waals surface area contributed by atoms with Crippen LogP contribution in [0, 0.1) is 23.7 Å². The van der Waals surface area contributed by atoms with Crippen LogP contribution in [0.1, 0.15) is 147 Å². The summed E-state index contributed by atoms with van der Waals surface area (Å²) < 4.78 is 22.0. The molecule has 0 aromatic heterocycles. The van der Waals surface area contributed by atoms with E-state index < -0.39 is 137 Å². The van der Waals surface area contributed by atoms with Gasteiger partial charge in [0.2, 0.25) is 35.4 Å². The Balaban J connectivity index is 1.13. The normalized spacial score (nSPS) is 15.7. The third kappa shape index (κ3) is 24.3. The Labute approximate surface area is 591 Å². The molecule has 6 aromatic rings. The van der Waals surface area contributed by atoms with Gasteiger partial charge in [0.1, 0.15) is 61.2 Å². The number of hydrogen-bond donors (Lipinski definition) is 8. The van der Waals surface area contributed by atoms with Crippen LogP contribution in [0.4, 0.5) is 4.79 Å². The molecule has 7 amide bonds. The summed E-state index contributed by atoms with van der Waals surface area (Å²) in [6.45, 7) is 13.2. The molecule has 8 N–H and O–H groups in total. The van der Waals surface area contributed by atoms with Crippen LogP contribution in [0.25, 0.3) is 0 Å². The molecule has 1 fully saturated rings. The fourth-order valence-corrected chi connectivity index (χ4v) is 12.2. The number of ether oxygens (including phenoxy) is 4. The molecule has 0 radical (unpaired) electrons. The number of carbonyl (C=O) groups is 10. The SMILES string of the molecule is CC(C)C[C@H](NC(=O)[C@H](CC(=O)NC(c1ccccc1)(c1ccccc1)c1ccccc1)NC(=O)[C@@H](NC(=O)[C@H](CCC(=O)OCc1ccccc1)NC(=O)OC(C)(C)C)C(C)C)[C@@H](O)[C@@H]1CCC[C@H]1C(=O)N[C@@H](C)C(=O)N[C@@H](CCC(=O)OCc1ccccc1)C(=O)OCc1ccccc1. The monoisotopic (exact) mass is 1380 g/mol. The Morgan fingerprint density at radius 3 is 1.38 bits per heavy atom. The standard InChI is InChI=1S/C79H97N7O15/c1-51(2)46-64(70(90)60-40-27-41-61(60)72(92)80-53(5)71(91)81-63(76(96)100-50-56-32-19-11-20-33-56)43-45-68(89)99-49-55-30-17-10-18-31-55)82-74(94)65(47-66(87)86-79(57-34-21-12-22-35-57,58-36-23-13-24-37-58)59-38-25-14-26-39-59)83-75(95)69(52(3)4)85-73(93)62(84-77(97)101-78(6,7)8)42-44-67(88)98-48-54-28-15-9-16-29-54/h9-26,28-39,51-53,60-65,69-70,90H,27,40-50H2,1-8H3,(H,80,92)(H,81,91)(H,82,94)(H,83,95)(H,84,97)(H,85,93)(H,86,87)/t53-,60+,61+,62-,63-,64-,65-,69-,70-/m0/s1. The van der Waals surface area contributed by atoms with Crippen LogP contribution < -0.4 is 37.2 Å². The summed E-state index contributed by atoms with van der Waals surface area (Å²) in [5.74, 6) is -9.34. The number of rotatable bonds is 35. The molecule has 6 aromatic carbocycles. The number of nitrogens with one attached hydrogen (secondary N) is 7. The Kier molecular flexibility index (Phi) is 29.7. The number of esters is 3. The zero-order valence-corrected chi connectivity index (χ0v) is 58.8. The number of hydrogen-bond acceptors (Lipinski definition) is 15. The molecule has 538 valence electrons. The van der Waals surface area contributed by atoms with Crippen LogP contribution in [0.2, 0.25) is 0 Å². The van der Waals surface area contributed by atoms with Gasteiger partial charge < -0.3 is 61.3 Å². The van der Waals surface area contributed by atoms with E-state index in [1.807, 2.05) is 135 Å². The Morgan fingerprint density at radius 2 is 0.921 bits per heavy atom. The van der Waals surface area contributed by atoms with Crippen molar-refractivity contribution in [2.24, 2.45) is 23.7 Å². The summed E-state index contributed by atoms with van der Waals surface area (Å²) in [6.07, 6.45) is -2.84. The predicted molar refractivity (Wildman–Crippen MR) is 379 cm³/mol. The fourth-order valence-electron chi connectivity index (χ4n) is 12.2. The average Bonchev–Trinajstić information content (AvgIpc) is 0.982. The summed E-state index contributed by atoms with van der Waals surface area (Å²) >= 11 is 0. The number of aliphatic hydroxyl groups excluding tert-OH is 1. The highest BCUT2D eigenvalue weighted by Gasteiger charge is 2.44. The molecule has 22 heteroatoms. The molecule has 0 aliphatic heterocycles. The zero-order chi connectivity index (χ0) is 73.1. The molecule has 1 saturated carbocycles. The molecule has 1 aliphatic rings. The lowest BCUT2D eigenvalue weighted by Gasteiger charge is -2.37. The third-order valence-corrected chi connectivity index (χ3v) is 17.4. The molecule has 0 unspecified atom stereocenters. The van der Waals surface area contributed by atoms with E-state index in [4.69, 9.17) is 18.9 Å². The van der Waals surface area contributed by atoms with E-state index in [-0.39, 0.29) is 57.8 Å². The van der Waals surface area contributed by atoms with Crippen molar-refractivity contribution < 1.29 is 72.0 Å². The first-order chi connectivity index (χ1) is 48.3. The van der Waals surface area contributed by atoms with E-state index in [2.05, 4.69) is 37.2 Å². The fraction of sp³-hybridized carbons (Fsp3) is 0.418. The van der Waals surface area contributed by atoms with Gasteiger partial charge in [0.15, 0.2) is 0 Å². The lowest BCUT2D eigenvalue weighted by atomic mass is 9.77. The lowest BCUT2D eigenvalue weighted by molar-refractivity contribution is -0.151. The van der Waals surface area contributed by atoms with Crippen LogP contribution >= 0.6 is 0 Å². The summed E-state index contributed by atoms with van der Waals surface area (Å²) in [5, 5.41) is 32.3. The van der Waals surface area contributed by atoms with Gasteiger partial charge in [0, 0.05) is 18.8 Å². The minimum atomic E-state index is -1.71. The van der Waals surface area contributed by atoms with Crippen molar-refractivity contribution in [2.45, 2.75) is 186 Å². The molecule has 1 aliphatic carbocycles. The zero-order valence-electron chi connectivity index (χ0n) is 58.8.